The molecule has 0 aliphatic carbocycles. The first-order valence-electron chi connectivity index (χ1n) is 21.5. The normalized spacial score (nSPS) is 12.6. The van der Waals surface area contributed by atoms with Crippen LogP contribution in [0, 0.1) is 0 Å². The first-order chi connectivity index (χ1) is 29.6. The van der Waals surface area contributed by atoms with E-state index in [1.807, 2.05) is 12.3 Å². The van der Waals surface area contributed by atoms with Gasteiger partial charge in [0.25, 0.3) is 0 Å². The van der Waals surface area contributed by atoms with Crippen molar-refractivity contribution < 1.29 is 9.52 Å². The number of pyridine rings is 1. The SMILES string of the molecule is CC(C)(C)c1cc(-c2nc3c(-c4cc(-c5cc6c(cn5)oc5cc7ccccc7cc56)cc(C(C)(C)c5ccccc5)c4)cccc3n2-c2ccccc2)c(O)c(C(C)(C)C)c1. The third kappa shape index (κ3) is 6.64. The Morgan fingerprint density at radius 2 is 1.19 bits per heavy atom. The van der Waals surface area contributed by atoms with Crippen molar-refractivity contribution in [2.24, 2.45) is 0 Å². The predicted molar refractivity (Wildman–Crippen MR) is 258 cm³/mol. The van der Waals surface area contributed by atoms with Crippen molar-refractivity contribution in [2.45, 2.75) is 71.6 Å². The lowest BCUT2D eigenvalue weighted by Crippen LogP contribution is -2.19. The summed E-state index contributed by atoms with van der Waals surface area (Å²) in [5.41, 5.74) is 12.6. The van der Waals surface area contributed by atoms with Gasteiger partial charge in [-0.15, -0.1) is 0 Å². The van der Waals surface area contributed by atoms with Gasteiger partial charge in [0, 0.05) is 38.6 Å². The van der Waals surface area contributed by atoms with Crippen LogP contribution in [0.4, 0.5) is 0 Å². The van der Waals surface area contributed by atoms with Gasteiger partial charge in [0.15, 0.2) is 5.58 Å². The molecule has 3 heterocycles. The molecule has 62 heavy (non-hydrogen) atoms. The minimum Gasteiger partial charge on any atom is -0.507 e. The van der Waals surface area contributed by atoms with Crippen LogP contribution in [-0.4, -0.2) is 19.6 Å². The molecule has 1 N–H and O–H groups in total. The molecule has 5 nitrogen and oxygen atoms in total. The summed E-state index contributed by atoms with van der Waals surface area (Å²) in [6.07, 6.45) is 1.86. The van der Waals surface area contributed by atoms with Gasteiger partial charge in [0.2, 0.25) is 0 Å². The average molecular weight is 810 g/mol. The molecule has 5 heteroatoms. The van der Waals surface area contributed by atoms with Crippen molar-refractivity contribution >= 4 is 43.7 Å². The van der Waals surface area contributed by atoms with E-state index in [0.29, 0.717) is 11.4 Å². The van der Waals surface area contributed by atoms with E-state index in [4.69, 9.17) is 14.4 Å². The second-order valence-electron chi connectivity index (χ2n) is 19.4. The van der Waals surface area contributed by atoms with E-state index < -0.39 is 0 Å². The molecule has 306 valence electrons. The fourth-order valence-electron chi connectivity index (χ4n) is 9.00. The summed E-state index contributed by atoms with van der Waals surface area (Å²) in [4.78, 5) is 10.6. The molecule has 7 aromatic carbocycles. The second kappa shape index (κ2) is 14.3. The quantitative estimate of drug-likeness (QED) is 0.182. The summed E-state index contributed by atoms with van der Waals surface area (Å²) in [6, 6.07) is 53.6. The van der Waals surface area contributed by atoms with Gasteiger partial charge in [-0.1, -0.05) is 152 Å². The van der Waals surface area contributed by atoms with Crippen LogP contribution in [0.5, 0.6) is 5.75 Å². The zero-order valence-corrected chi connectivity index (χ0v) is 36.7. The lowest BCUT2D eigenvalue weighted by Gasteiger charge is -2.27. The number of imidazole rings is 1. The minimum atomic E-state index is -0.345. The van der Waals surface area contributed by atoms with Gasteiger partial charge < -0.3 is 9.52 Å². The minimum absolute atomic E-state index is 0.160. The zero-order chi connectivity index (χ0) is 43.1. The van der Waals surface area contributed by atoms with E-state index >= 15 is 0 Å². The standard InChI is InChI=1S/C57H51N3O2/c1-55(2,3)40-31-46(53(61)47(32-40)56(4,5)6)54-59-52-43(24-17-25-49(52)60(54)42-22-13-10-14-23-42)37-26-38(28-41(27-37)57(7,8)39-20-11-9-12-21-39)48-33-45-44-29-35-18-15-16-19-36(35)30-50(44)62-51(45)34-58-48/h9-34,61H,1-8H3. The fourth-order valence-corrected chi connectivity index (χ4v) is 9.00. The van der Waals surface area contributed by atoms with E-state index in [2.05, 4.69) is 206 Å². The van der Waals surface area contributed by atoms with Crippen molar-refractivity contribution in [3.8, 4) is 45.2 Å². The molecular weight excluding hydrogens is 759 g/mol. The maximum absolute atomic E-state index is 12.3. The van der Waals surface area contributed by atoms with Crippen LogP contribution < -0.4 is 0 Å². The van der Waals surface area contributed by atoms with Crippen LogP contribution in [0.2, 0.25) is 0 Å². The number of para-hydroxylation sites is 2. The number of aromatic nitrogens is 3. The number of nitrogens with zero attached hydrogens (tertiary/aromatic N) is 3. The molecule has 0 spiro atoms. The van der Waals surface area contributed by atoms with Crippen LogP contribution in [0.15, 0.2) is 162 Å². The fraction of sp³-hybridized carbons (Fsp3) is 0.193. The molecule has 0 bridgehead atoms. The van der Waals surface area contributed by atoms with Gasteiger partial charge in [-0.3, -0.25) is 9.55 Å². The van der Waals surface area contributed by atoms with Gasteiger partial charge in [-0.05, 0) is 98.5 Å². The maximum atomic E-state index is 12.3. The topological polar surface area (TPSA) is 64.1 Å². The molecule has 10 rings (SSSR count). The number of benzene rings is 7. The highest BCUT2D eigenvalue weighted by molar-refractivity contribution is 6.10. The highest BCUT2D eigenvalue weighted by atomic mass is 16.3. The molecule has 0 amide bonds. The highest BCUT2D eigenvalue weighted by Gasteiger charge is 2.30. The molecule has 10 aromatic rings. The summed E-state index contributed by atoms with van der Waals surface area (Å²) in [6.45, 7) is 17.7. The Bertz CT molecular complexity index is 3340. The first-order valence-corrected chi connectivity index (χ1v) is 21.5. The first kappa shape index (κ1) is 39.2. The predicted octanol–water partition coefficient (Wildman–Crippen LogP) is 15.1. The Labute approximate surface area is 363 Å². The third-order valence-corrected chi connectivity index (χ3v) is 12.7. The van der Waals surface area contributed by atoms with Crippen molar-refractivity contribution in [3.05, 3.63) is 180 Å². The van der Waals surface area contributed by atoms with Crippen LogP contribution in [0.3, 0.4) is 0 Å². The summed E-state index contributed by atoms with van der Waals surface area (Å²) < 4.78 is 8.59. The number of hydrogen-bond acceptors (Lipinski definition) is 4. The van der Waals surface area contributed by atoms with E-state index in [1.54, 1.807) is 0 Å². The molecule has 0 atom stereocenters. The molecular formula is C57H51N3O2. The average Bonchev–Trinajstić information content (AvgIpc) is 3.83. The van der Waals surface area contributed by atoms with Gasteiger partial charge >= 0.3 is 0 Å². The number of aromatic hydroxyl groups is 1. The molecule has 0 aliphatic heterocycles. The number of phenolic OH excluding ortho intramolecular Hbond substituents is 1. The number of rotatable bonds is 6. The summed E-state index contributed by atoms with van der Waals surface area (Å²) in [7, 11) is 0. The molecule has 0 aliphatic rings. The molecule has 3 aromatic heterocycles. The number of hydrogen-bond donors (Lipinski definition) is 1. The van der Waals surface area contributed by atoms with Gasteiger partial charge in [0.1, 0.15) is 17.2 Å². The van der Waals surface area contributed by atoms with Crippen LogP contribution in [0.25, 0.3) is 83.2 Å². The van der Waals surface area contributed by atoms with Crippen LogP contribution >= 0.6 is 0 Å². The smallest absolute Gasteiger partial charge is 0.153 e. The largest absolute Gasteiger partial charge is 0.507 e. The Hall–Kier alpha value is -6.98. The molecule has 0 unspecified atom stereocenters. The number of phenols is 1. The zero-order valence-electron chi connectivity index (χ0n) is 36.7. The van der Waals surface area contributed by atoms with Crippen molar-refractivity contribution in [2.75, 3.05) is 0 Å². The van der Waals surface area contributed by atoms with Crippen molar-refractivity contribution in [1.82, 2.24) is 14.5 Å². The number of fused-ring (bicyclic) bond motifs is 5. The van der Waals surface area contributed by atoms with E-state index in [1.165, 1.54) is 10.9 Å². The van der Waals surface area contributed by atoms with Crippen LogP contribution in [0.1, 0.15) is 77.6 Å². The molecule has 0 fully saturated rings. The molecule has 0 radical (unpaired) electrons. The van der Waals surface area contributed by atoms with Crippen molar-refractivity contribution in [3.63, 3.8) is 0 Å². The third-order valence-electron chi connectivity index (χ3n) is 12.7. The van der Waals surface area contributed by atoms with Gasteiger partial charge in [0.05, 0.1) is 28.5 Å². The monoisotopic (exact) mass is 809 g/mol. The Balaban J connectivity index is 1.24. The molecule has 0 saturated carbocycles. The summed E-state index contributed by atoms with van der Waals surface area (Å²) in [5.74, 6) is 0.954. The molecule has 0 saturated heterocycles. The maximum Gasteiger partial charge on any atom is 0.153 e. The lowest BCUT2D eigenvalue weighted by atomic mass is 9.76. The Morgan fingerprint density at radius 3 is 1.90 bits per heavy atom. The Kier molecular flexibility index (Phi) is 9.04. The number of furan rings is 1. The summed E-state index contributed by atoms with van der Waals surface area (Å²) in [5, 5.41) is 16.7. The van der Waals surface area contributed by atoms with E-state index in [-0.39, 0.29) is 22.0 Å². The van der Waals surface area contributed by atoms with Gasteiger partial charge in [-0.2, -0.15) is 0 Å². The highest BCUT2D eigenvalue weighted by Crippen LogP contribution is 2.45. The van der Waals surface area contributed by atoms with Crippen molar-refractivity contribution in [1.29, 1.82) is 0 Å². The van der Waals surface area contributed by atoms with E-state index in [0.717, 1.165) is 83.1 Å². The second-order valence-corrected chi connectivity index (χ2v) is 19.4. The lowest BCUT2D eigenvalue weighted by molar-refractivity contribution is 0.446. The van der Waals surface area contributed by atoms with E-state index in [9.17, 15) is 5.11 Å². The Morgan fingerprint density at radius 1 is 0.532 bits per heavy atom. The van der Waals surface area contributed by atoms with Crippen LogP contribution in [-0.2, 0) is 16.2 Å². The summed E-state index contributed by atoms with van der Waals surface area (Å²) >= 11 is 0. The van der Waals surface area contributed by atoms with Gasteiger partial charge in [-0.25, -0.2) is 4.98 Å².